The molecule has 3 heterocycles. The molecule has 9 heteroatoms. The zero-order valence-electron chi connectivity index (χ0n) is 17.2. The maximum atomic E-state index is 14.6. The topological polar surface area (TPSA) is 91.1 Å². The standard InChI is InChI=1S/C23H20FN7O/c1-25-14-15-6-8-17(9-7-15)22-27-23(32-29-22)20-21(16-10-12-26-13-11-16)31(30-28-20)19-5-3-2-4-18(19)24/h2-13,25,28,30H,14H2,1H3. The summed E-state index contributed by atoms with van der Waals surface area (Å²) in [7, 11) is 1.90. The summed E-state index contributed by atoms with van der Waals surface area (Å²) in [6.45, 7) is 0.779. The molecule has 0 atom stereocenters. The van der Waals surface area contributed by atoms with Gasteiger partial charge in [-0.1, -0.05) is 41.6 Å². The van der Waals surface area contributed by atoms with E-state index in [4.69, 9.17) is 4.52 Å². The van der Waals surface area contributed by atoms with Gasteiger partial charge in [0.2, 0.25) is 5.82 Å². The summed E-state index contributed by atoms with van der Waals surface area (Å²) in [5.41, 5.74) is 10.4. The van der Waals surface area contributed by atoms with Crippen LogP contribution in [0.1, 0.15) is 17.0 Å². The third-order valence-corrected chi connectivity index (χ3v) is 5.03. The lowest BCUT2D eigenvalue weighted by Gasteiger charge is -2.21. The molecule has 2 aromatic carbocycles. The molecule has 0 bridgehead atoms. The van der Waals surface area contributed by atoms with Crippen molar-refractivity contribution in [3.8, 4) is 11.4 Å². The Morgan fingerprint density at radius 2 is 1.78 bits per heavy atom. The van der Waals surface area contributed by atoms with E-state index < -0.39 is 0 Å². The average molecular weight is 429 g/mol. The summed E-state index contributed by atoms with van der Waals surface area (Å²) in [6, 6.07) is 18.1. The van der Waals surface area contributed by atoms with Gasteiger partial charge in [0.25, 0.3) is 5.89 Å². The highest BCUT2D eigenvalue weighted by atomic mass is 19.1. The first-order valence-corrected chi connectivity index (χ1v) is 10.0. The molecule has 160 valence electrons. The second-order valence-corrected chi connectivity index (χ2v) is 7.13. The largest absolute Gasteiger partial charge is 0.332 e. The van der Waals surface area contributed by atoms with E-state index in [1.165, 1.54) is 6.07 Å². The second-order valence-electron chi connectivity index (χ2n) is 7.13. The van der Waals surface area contributed by atoms with E-state index in [0.29, 0.717) is 22.9 Å². The SMILES string of the molecule is CNCc1ccc(-c2noc(C3=C(c4ccncc4)N(c4ccccc4F)NN3)n2)cc1. The van der Waals surface area contributed by atoms with Gasteiger partial charge in [-0.25, -0.2) is 4.39 Å². The Balaban J connectivity index is 1.56. The molecule has 5 rings (SSSR count). The van der Waals surface area contributed by atoms with Crippen LogP contribution in [0.4, 0.5) is 10.1 Å². The summed E-state index contributed by atoms with van der Waals surface area (Å²) in [5, 5.41) is 8.87. The minimum absolute atomic E-state index is 0.275. The monoisotopic (exact) mass is 429 g/mol. The molecular weight excluding hydrogens is 409 g/mol. The number of hydrogen-bond acceptors (Lipinski definition) is 8. The molecule has 3 N–H and O–H groups in total. The maximum absolute atomic E-state index is 14.6. The van der Waals surface area contributed by atoms with Crippen LogP contribution in [-0.4, -0.2) is 22.2 Å². The molecule has 0 radical (unpaired) electrons. The quantitative estimate of drug-likeness (QED) is 0.430. The first-order valence-electron chi connectivity index (χ1n) is 10.0. The average Bonchev–Trinajstić information content (AvgIpc) is 3.48. The van der Waals surface area contributed by atoms with Crippen molar-refractivity contribution in [2.24, 2.45) is 0 Å². The first kappa shape index (κ1) is 19.9. The summed E-state index contributed by atoms with van der Waals surface area (Å²) in [6.07, 6.45) is 3.34. The number of hydrazine groups is 2. The number of rotatable bonds is 6. The Morgan fingerprint density at radius 3 is 2.53 bits per heavy atom. The van der Waals surface area contributed by atoms with Crippen molar-refractivity contribution in [3.63, 3.8) is 0 Å². The molecule has 0 fully saturated rings. The van der Waals surface area contributed by atoms with Gasteiger partial charge in [-0.05, 0) is 36.9 Å². The van der Waals surface area contributed by atoms with Gasteiger partial charge in [-0.15, -0.1) is 5.53 Å². The predicted molar refractivity (Wildman–Crippen MR) is 119 cm³/mol. The highest BCUT2D eigenvalue weighted by molar-refractivity contribution is 5.96. The van der Waals surface area contributed by atoms with Crippen LogP contribution in [0.15, 0.2) is 77.6 Å². The number of benzene rings is 2. The van der Waals surface area contributed by atoms with Crippen molar-refractivity contribution >= 4 is 17.1 Å². The van der Waals surface area contributed by atoms with E-state index in [1.807, 2.05) is 43.4 Å². The lowest BCUT2D eigenvalue weighted by Crippen LogP contribution is -2.38. The van der Waals surface area contributed by atoms with E-state index >= 15 is 0 Å². The molecule has 0 saturated heterocycles. The summed E-state index contributed by atoms with van der Waals surface area (Å²) >= 11 is 0. The van der Waals surface area contributed by atoms with Crippen molar-refractivity contribution in [1.29, 1.82) is 0 Å². The maximum Gasteiger partial charge on any atom is 0.277 e. The molecular formula is C23H20FN7O. The van der Waals surface area contributed by atoms with Gasteiger partial charge in [0.1, 0.15) is 11.5 Å². The summed E-state index contributed by atoms with van der Waals surface area (Å²) < 4.78 is 20.1. The molecule has 0 spiro atoms. The Hall–Kier alpha value is -4.08. The second kappa shape index (κ2) is 8.58. The van der Waals surface area contributed by atoms with E-state index in [1.54, 1.807) is 35.6 Å². The first-order chi connectivity index (χ1) is 15.7. The normalized spacial score (nSPS) is 13.5. The Bertz CT molecular complexity index is 1250. The van der Waals surface area contributed by atoms with E-state index in [-0.39, 0.29) is 11.7 Å². The minimum Gasteiger partial charge on any atom is -0.332 e. The number of pyridine rings is 1. The molecule has 1 aliphatic rings. The van der Waals surface area contributed by atoms with Crippen molar-refractivity contribution in [2.75, 3.05) is 12.1 Å². The molecule has 0 saturated carbocycles. The molecule has 0 unspecified atom stereocenters. The van der Waals surface area contributed by atoms with Crippen LogP contribution in [0.2, 0.25) is 0 Å². The molecule has 4 aromatic rings. The number of nitrogens with zero attached hydrogens (tertiary/aromatic N) is 4. The van der Waals surface area contributed by atoms with Crippen LogP contribution in [-0.2, 0) is 6.54 Å². The van der Waals surface area contributed by atoms with Gasteiger partial charge in [0.05, 0.1) is 11.4 Å². The molecule has 0 aliphatic carbocycles. The van der Waals surface area contributed by atoms with E-state index in [9.17, 15) is 4.39 Å². The van der Waals surface area contributed by atoms with Gasteiger partial charge in [-0.2, -0.15) is 4.98 Å². The molecule has 8 nitrogen and oxygen atoms in total. The third-order valence-electron chi connectivity index (χ3n) is 5.03. The van der Waals surface area contributed by atoms with Gasteiger partial charge in [0.15, 0.2) is 0 Å². The van der Waals surface area contributed by atoms with Crippen molar-refractivity contribution in [2.45, 2.75) is 6.54 Å². The van der Waals surface area contributed by atoms with Crippen LogP contribution in [0.25, 0.3) is 22.8 Å². The van der Waals surface area contributed by atoms with Gasteiger partial charge >= 0.3 is 0 Å². The smallest absolute Gasteiger partial charge is 0.277 e. The highest BCUT2D eigenvalue weighted by Crippen LogP contribution is 2.34. The van der Waals surface area contributed by atoms with E-state index in [2.05, 4.69) is 31.4 Å². The summed E-state index contributed by atoms with van der Waals surface area (Å²) in [5.74, 6) is 0.365. The minimum atomic E-state index is -0.373. The van der Waals surface area contributed by atoms with Crippen LogP contribution < -0.4 is 21.3 Å². The fraction of sp³-hybridized carbons (Fsp3) is 0.0870. The van der Waals surface area contributed by atoms with Crippen LogP contribution >= 0.6 is 0 Å². The number of nitrogens with one attached hydrogen (secondary N) is 3. The third kappa shape index (κ3) is 3.70. The number of anilines is 1. The van der Waals surface area contributed by atoms with Gasteiger partial charge in [0, 0.05) is 30.1 Å². The number of halogens is 1. The lowest BCUT2D eigenvalue weighted by atomic mass is 10.1. The molecule has 1 aliphatic heterocycles. The van der Waals surface area contributed by atoms with Crippen molar-refractivity contribution in [3.05, 3.63) is 95.9 Å². The molecule has 0 amide bonds. The zero-order chi connectivity index (χ0) is 21.9. The number of aromatic nitrogens is 3. The predicted octanol–water partition coefficient (Wildman–Crippen LogP) is 3.35. The Kier molecular flexibility index (Phi) is 5.32. The van der Waals surface area contributed by atoms with Gasteiger partial charge in [-0.3, -0.25) is 15.4 Å². The molecule has 2 aromatic heterocycles. The van der Waals surface area contributed by atoms with Gasteiger partial charge < -0.3 is 9.84 Å². The fourth-order valence-corrected chi connectivity index (χ4v) is 3.51. The van der Waals surface area contributed by atoms with Crippen LogP contribution in [0.5, 0.6) is 0 Å². The van der Waals surface area contributed by atoms with Crippen LogP contribution in [0, 0.1) is 5.82 Å². The van der Waals surface area contributed by atoms with E-state index in [0.717, 1.165) is 23.2 Å². The zero-order valence-corrected chi connectivity index (χ0v) is 17.2. The van der Waals surface area contributed by atoms with Crippen molar-refractivity contribution < 1.29 is 8.91 Å². The van der Waals surface area contributed by atoms with Crippen LogP contribution in [0.3, 0.4) is 0 Å². The highest BCUT2D eigenvalue weighted by Gasteiger charge is 2.30. The Morgan fingerprint density at radius 1 is 1.00 bits per heavy atom. The fourth-order valence-electron chi connectivity index (χ4n) is 3.51. The summed E-state index contributed by atoms with van der Waals surface area (Å²) in [4.78, 5) is 8.66. The number of hydrogen-bond donors (Lipinski definition) is 3. The Labute approximate surface area is 183 Å². The lowest BCUT2D eigenvalue weighted by molar-refractivity contribution is 0.405. The molecule has 32 heavy (non-hydrogen) atoms. The number of para-hydroxylation sites is 1. The van der Waals surface area contributed by atoms with Crippen molar-refractivity contribution in [1.82, 2.24) is 31.4 Å².